The van der Waals surface area contributed by atoms with Crippen LogP contribution in [0.25, 0.3) is 0 Å². The molecule has 0 aromatic heterocycles. The van der Waals surface area contributed by atoms with E-state index in [4.69, 9.17) is 28.0 Å². The van der Waals surface area contributed by atoms with Gasteiger partial charge in [0, 0.05) is 11.1 Å². The van der Waals surface area contributed by atoms with Gasteiger partial charge in [-0.3, -0.25) is 4.52 Å². The third-order valence-electron chi connectivity index (χ3n) is 5.81. The first kappa shape index (κ1) is 29.2. The lowest BCUT2D eigenvalue weighted by molar-refractivity contribution is -0.150. The van der Waals surface area contributed by atoms with Gasteiger partial charge in [-0.05, 0) is 51.8 Å². The quantitative estimate of drug-likeness (QED) is 0.206. The van der Waals surface area contributed by atoms with Crippen molar-refractivity contribution < 1.29 is 47.3 Å². The van der Waals surface area contributed by atoms with Crippen LogP contribution < -0.4 is 9.26 Å². The number of hydrogen-bond acceptors (Lipinski definition) is 10. The molecular formula is C27H33O10P. The summed E-state index contributed by atoms with van der Waals surface area (Å²) in [6.45, 7) is 7.00. The van der Waals surface area contributed by atoms with E-state index in [1.807, 2.05) is 6.92 Å². The van der Waals surface area contributed by atoms with Gasteiger partial charge in [0.25, 0.3) is 0 Å². The highest BCUT2D eigenvalue weighted by atomic mass is 31.2. The Labute approximate surface area is 222 Å². The van der Waals surface area contributed by atoms with Crippen LogP contribution in [0.15, 0.2) is 42.0 Å². The molecule has 206 valence electrons. The van der Waals surface area contributed by atoms with Crippen LogP contribution in [0.3, 0.4) is 0 Å². The van der Waals surface area contributed by atoms with Crippen molar-refractivity contribution in [1.82, 2.24) is 0 Å². The molecule has 38 heavy (non-hydrogen) atoms. The number of esters is 2. The van der Waals surface area contributed by atoms with Crippen LogP contribution in [-0.2, 0) is 41.1 Å². The molecule has 2 aromatic rings. The van der Waals surface area contributed by atoms with Crippen molar-refractivity contribution in [3.05, 3.63) is 64.2 Å². The molecule has 2 aromatic carbocycles. The molecule has 1 heterocycles. The molecule has 0 fully saturated rings. The monoisotopic (exact) mass is 548 g/mol. The van der Waals surface area contributed by atoms with Gasteiger partial charge in [-0.25, -0.2) is 14.2 Å². The molecule has 0 amide bonds. The fourth-order valence-corrected chi connectivity index (χ4v) is 5.43. The Kier molecular flexibility index (Phi) is 9.96. The van der Waals surface area contributed by atoms with E-state index < -0.39 is 32.0 Å². The molecule has 0 saturated heterocycles. The van der Waals surface area contributed by atoms with Crippen LogP contribution in [0.4, 0.5) is 0 Å². The fourth-order valence-electron chi connectivity index (χ4n) is 3.95. The maximum absolute atomic E-state index is 13.5. The summed E-state index contributed by atoms with van der Waals surface area (Å²) in [6, 6.07) is 8.44. The molecule has 11 heteroatoms. The van der Waals surface area contributed by atoms with Gasteiger partial charge in [-0.1, -0.05) is 29.8 Å². The lowest BCUT2D eigenvalue weighted by Crippen LogP contribution is -2.24. The third-order valence-corrected chi connectivity index (χ3v) is 7.43. The van der Waals surface area contributed by atoms with E-state index in [0.717, 1.165) is 11.1 Å². The van der Waals surface area contributed by atoms with Crippen molar-refractivity contribution in [2.45, 2.75) is 46.8 Å². The second-order valence-corrected chi connectivity index (χ2v) is 10.5. The molecule has 1 aliphatic rings. The van der Waals surface area contributed by atoms with E-state index in [-0.39, 0.29) is 37.6 Å². The summed E-state index contributed by atoms with van der Waals surface area (Å²) < 4.78 is 45.8. The van der Waals surface area contributed by atoms with Crippen LogP contribution >= 0.6 is 7.60 Å². The van der Waals surface area contributed by atoms with Crippen molar-refractivity contribution in [2.75, 3.05) is 26.7 Å². The molecule has 1 aliphatic heterocycles. The Hall–Kier alpha value is -3.33. The zero-order chi connectivity index (χ0) is 27.9. The van der Waals surface area contributed by atoms with Crippen molar-refractivity contribution in [1.29, 1.82) is 0 Å². The fraction of sp³-hybridized carbons (Fsp3) is 0.407. The van der Waals surface area contributed by atoms with Gasteiger partial charge in [0.15, 0.2) is 12.5 Å². The summed E-state index contributed by atoms with van der Waals surface area (Å²) in [6.07, 6.45) is 0.499. The maximum atomic E-state index is 13.5. The van der Waals surface area contributed by atoms with Crippen molar-refractivity contribution in [2.24, 2.45) is 0 Å². The molecule has 10 nitrogen and oxygen atoms in total. The zero-order valence-corrected chi connectivity index (χ0v) is 23.0. The average molecular weight is 549 g/mol. The van der Waals surface area contributed by atoms with E-state index in [0.29, 0.717) is 22.6 Å². The first-order valence-electron chi connectivity index (χ1n) is 12.1. The number of phenolic OH excluding ortho intramolecular Hbond substituents is 1. The minimum absolute atomic E-state index is 0.0638. The summed E-state index contributed by atoms with van der Waals surface area (Å²) in [4.78, 5) is 24.1. The van der Waals surface area contributed by atoms with E-state index in [1.54, 1.807) is 50.3 Å². The van der Waals surface area contributed by atoms with Crippen LogP contribution in [0.1, 0.15) is 47.8 Å². The minimum Gasteiger partial charge on any atom is -0.507 e. The van der Waals surface area contributed by atoms with E-state index in [9.17, 15) is 19.3 Å². The Morgan fingerprint density at radius 1 is 1.26 bits per heavy atom. The Morgan fingerprint density at radius 3 is 2.63 bits per heavy atom. The number of carbonyl (C=O) groups is 2. The lowest BCUT2D eigenvalue weighted by Gasteiger charge is -2.22. The summed E-state index contributed by atoms with van der Waals surface area (Å²) in [5.41, 5.74) is 2.70. The van der Waals surface area contributed by atoms with Crippen molar-refractivity contribution in [3.8, 4) is 17.2 Å². The molecule has 0 saturated carbocycles. The number of para-hydroxylation sites is 1. The molecule has 0 bridgehead atoms. The average Bonchev–Trinajstić information content (AvgIpc) is 3.27. The Morgan fingerprint density at radius 2 is 1.97 bits per heavy atom. The number of ether oxygens (including phenoxy) is 4. The number of methoxy groups -OCH3 is 1. The van der Waals surface area contributed by atoms with Crippen molar-refractivity contribution >= 4 is 19.5 Å². The second-order valence-electron chi connectivity index (χ2n) is 8.66. The minimum atomic E-state index is -3.91. The summed E-state index contributed by atoms with van der Waals surface area (Å²) in [7, 11) is -2.42. The van der Waals surface area contributed by atoms with E-state index in [1.165, 1.54) is 14.0 Å². The summed E-state index contributed by atoms with van der Waals surface area (Å²) in [5, 5.41) is 10.8. The number of benzene rings is 2. The number of phenols is 1. The highest BCUT2D eigenvalue weighted by Gasteiger charge is 2.34. The van der Waals surface area contributed by atoms with Gasteiger partial charge >= 0.3 is 19.5 Å². The zero-order valence-electron chi connectivity index (χ0n) is 22.1. The summed E-state index contributed by atoms with van der Waals surface area (Å²) in [5.74, 6) is -0.623. The van der Waals surface area contributed by atoms with Crippen molar-refractivity contribution in [3.63, 3.8) is 0 Å². The van der Waals surface area contributed by atoms with Gasteiger partial charge in [0.2, 0.25) is 0 Å². The van der Waals surface area contributed by atoms with E-state index in [2.05, 4.69) is 0 Å². The molecule has 0 aliphatic carbocycles. The number of allylic oxidation sites excluding steroid dienone is 1. The maximum Gasteiger partial charge on any atom is 0.405 e. The number of aromatic hydroxyl groups is 1. The SMILES string of the molecule is CCOC(=O)[C@H](C)OP(=O)(COCC(C)=CCc1c(O)c2c(c(C)c1OC)COC2=O)Oc1ccccc1. The lowest BCUT2D eigenvalue weighted by atomic mass is 9.95. The Balaban J connectivity index is 1.71. The van der Waals surface area contributed by atoms with Crippen LogP contribution in [0.5, 0.6) is 17.2 Å². The van der Waals surface area contributed by atoms with Gasteiger partial charge in [0.1, 0.15) is 29.4 Å². The number of fused-ring (bicyclic) bond motifs is 1. The number of cyclic esters (lactones) is 1. The predicted octanol–water partition coefficient (Wildman–Crippen LogP) is 5.08. The number of carbonyl (C=O) groups excluding carboxylic acids is 2. The van der Waals surface area contributed by atoms with Crippen LogP contribution in [-0.4, -0.2) is 49.8 Å². The van der Waals surface area contributed by atoms with Gasteiger partial charge in [-0.2, -0.15) is 0 Å². The molecule has 0 radical (unpaired) electrons. The second kappa shape index (κ2) is 13.0. The highest BCUT2D eigenvalue weighted by Crippen LogP contribution is 2.49. The largest absolute Gasteiger partial charge is 0.507 e. The first-order chi connectivity index (χ1) is 18.1. The molecule has 0 spiro atoms. The third kappa shape index (κ3) is 6.95. The summed E-state index contributed by atoms with van der Waals surface area (Å²) >= 11 is 0. The number of hydrogen-bond donors (Lipinski definition) is 1. The highest BCUT2D eigenvalue weighted by molar-refractivity contribution is 7.54. The number of rotatable bonds is 13. The smallest absolute Gasteiger partial charge is 0.405 e. The predicted molar refractivity (Wildman–Crippen MR) is 139 cm³/mol. The van der Waals surface area contributed by atoms with Gasteiger partial charge < -0.3 is 28.6 Å². The van der Waals surface area contributed by atoms with Gasteiger partial charge in [0.05, 0.1) is 20.3 Å². The molecule has 1 N–H and O–H groups in total. The molecule has 3 rings (SSSR count). The Bertz CT molecular complexity index is 1240. The molecule has 1 unspecified atom stereocenters. The van der Waals surface area contributed by atoms with Gasteiger partial charge in [-0.15, -0.1) is 0 Å². The first-order valence-corrected chi connectivity index (χ1v) is 13.8. The van der Waals surface area contributed by atoms with Crippen LogP contribution in [0.2, 0.25) is 0 Å². The standard InChI is InChI=1S/C27H33O10P/c1-6-34-26(29)19(4)36-38(31,37-20-10-8-7-9-11-20)16-33-14-17(2)12-13-21-24(28)23-22(15-35-27(23)30)18(3)25(21)32-5/h7-12,19,28H,6,13-16H2,1-5H3/t19-,38?/m0/s1. The topological polar surface area (TPSA) is 127 Å². The normalized spacial score (nSPS) is 15.3. The molecular weight excluding hydrogens is 515 g/mol. The molecule has 2 atom stereocenters. The van der Waals surface area contributed by atoms with Crippen LogP contribution in [0, 0.1) is 6.92 Å². The van der Waals surface area contributed by atoms with E-state index >= 15 is 0 Å².